The molecule has 166 valence electrons. The minimum Gasteiger partial charge on any atom is -0.494 e. The molecule has 2 aromatic carbocycles. The summed E-state index contributed by atoms with van der Waals surface area (Å²) in [5.41, 5.74) is 2.39. The highest BCUT2D eigenvalue weighted by molar-refractivity contribution is 7.92. The van der Waals surface area contributed by atoms with Crippen molar-refractivity contribution in [1.82, 2.24) is 5.01 Å². The normalized spacial score (nSPS) is 16.0. The number of rotatable bonds is 7. The number of hydrogen-bond donors (Lipinski definition) is 1. The largest absolute Gasteiger partial charge is 0.494 e. The van der Waals surface area contributed by atoms with Crippen molar-refractivity contribution in [3.8, 4) is 5.75 Å². The number of para-hydroxylation sites is 2. The molecule has 0 radical (unpaired) electrons. The van der Waals surface area contributed by atoms with Gasteiger partial charge in [-0.15, -0.1) is 0 Å². The van der Waals surface area contributed by atoms with Crippen molar-refractivity contribution in [3.63, 3.8) is 0 Å². The van der Waals surface area contributed by atoms with Crippen LogP contribution in [0.25, 0.3) is 0 Å². The van der Waals surface area contributed by atoms with E-state index < -0.39 is 22.0 Å². The standard InChI is InChI=1S/C23H23N3O5S/c1-3-30-21-12-7-5-10-17(21)20-15-19(24-26(20)23(27)22-13-8-14-31-22)16-9-4-6-11-18(16)25-32(2,28)29/h4-14,20,25H,3,15H2,1-2H3/t20-/m0/s1. The van der Waals surface area contributed by atoms with Crippen LogP contribution < -0.4 is 9.46 Å². The molecule has 1 amide bonds. The first-order chi connectivity index (χ1) is 15.4. The van der Waals surface area contributed by atoms with Crippen molar-refractivity contribution in [2.75, 3.05) is 17.6 Å². The minimum atomic E-state index is -3.49. The van der Waals surface area contributed by atoms with Gasteiger partial charge in [0.1, 0.15) is 5.75 Å². The third-order valence-electron chi connectivity index (χ3n) is 4.96. The Morgan fingerprint density at radius 2 is 1.91 bits per heavy atom. The highest BCUT2D eigenvalue weighted by Gasteiger charge is 2.36. The van der Waals surface area contributed by atoms with Gasteiger partial charge in [0.05, 0.1) is 36.6 Å². The number of benzene rings is 2. The summed E-state index contributed by atoms with van der Waals surface area (Å²) >= 11 is 0. The van der Waals surface area contributed by atoms with Crippen LogP contribution in [0.5, 0.6) is 5.75 Å². The van der Waals surface area contributed by atoms with E-state index in [1.54, 1.807) is 36.4 Å². The van der Waals surface area contributed by atoms with E-state index in [9.17, 15) is 13.2 Å². The molecule has 0 saturated heterocycles. The number of sulfonamides is 1. The van der Waals surface area contributed by atoms with E-state index in [0.29, 0.717) is 35.7 Å². The zero-order chi connectivity index (χ0) is 22.7. The van der Waals surface area contributed by atoms with E-state index in [0.717, 1.165) is 11.8 Å². The van der Waals surface area contributed by atoms with E-state index in [1.165, 1.54) is 11.3 Å². The topological polar surface area (TPSA) is 101 Å². The van der Waals surface area contributed by atoms with Crippen molar-refractivity contribution < 1.29 is 22.4 Å². The Balaban J connectivity index is 1.79. The molecule has 1 aliphatic rings. The lowest BCUT2D eigenvalue weighted by molar-refractivity contribution is 0.0676. The second-order valence-electron chi connectivity index (χ2n) is 7.28. The number of anilines is 1. The molecule has 1 aromatic heterocycles. The SMILES string of the molecule is CCOc1ccccc1[C@@H]1CC(c2ccccc2NS(C)(=O)=O)=NN1C(=O)c1ccco1. The molecule has 32 heavy (non-hydrogen) atoms. The Morgan fingerprint density at radius 1 is 1.16 bits per heavy atom. The van der Waals surface area contributed by atoms with Gasteiger partial charge < -0.3 is 9.15 Å². The van der Waals surface area contributed by atoms with Gasteiger partial charge in [-0.2, -0.15) is 5.10 Å². The Kier molecular flexibility index (Phi) is 6.00. The molecule has 1 N–H and O–H groups in total. The maximum absolute atomic E-state index is 13.2. The molecule has 4 rings (SSSR count). The molecule has 9 heteroatoms. The van der Waals surface area contributed by atoms with Gasteiger partial charge in [0.2, 0.25) is 10.0 Å². The van der Waals surface area contributed by atoms with E-state index >= 15 is 0 Å². The van der Waals surface area contributed by atoms with Crippen LogP contribution in [0.15, 0.2) is 76.4 Å². The first kappa shape index (κ1) is 21.6. The van der Waals surface area contributed by atoms with Crippen LogP contribution in [0.2, 0.25) is 0 Å². The molecule has 0 saturated carbocycles. The molecule has 2 heterocycles. The van der Waals surface area contributed by atoms with Crippen LogP contribution in [0, 0.1) is 0 Å². The van der Waals surface area contributed by atoms with Gasteiger partial charge in [-0.05, 0) is 31.2 Å². The molecular formula is C23H23N3O5S. The predicted molar refractivity (Wildman–Crippen MR) is 121 cm³/mol. The predicted octanol–water partition coefficient (Wildman–Crippen LogP) is 4.04. The fourth-order valence-electron chi connectivity index (χ4n) is 3.68. The van der Waals surface area contributed by atoms with Crippen molar-refractivity contribution >= 4 is 27.3 Å². The highest BCUT2D eigenvalue weighted by Crippen LogP contribution is 2.39. The second-order valence-corrected chi connectivity index (χ2v) is 9.03. The number of carbonyl (C=O) groups excluding carboxylic acids is 1. The number of amides is 1. The van der Waals surface area contributed by atoms with Gasteiger partial charge in [0.15, 0.2) is 5.76 Å². The molecular weight excluding hydrogens is 430 g/mol. The Bertz CT molecular complexity index is 1250. The number of nitrogens with one attached hydrogen (secondary N) is 1. The van der Waals surface area contributed by atoms with Crippen LogP contribution in [0.1, 0.15) is 41.1 Å². The smallest absolute Gasteiger partial charge is 0.310 e. The monoisotopic (exact) mass is 453 g/mol. The lowest BCUT2D eigenvalue weighted by Gasteiger charge is -2.23. The minimum absolute atomic E-state index is 0.163. The Labute approximate surface area is 186 Å². The first-order valence-electron chi connectivity index (χ1n) is 10.1. The molecule has 8 nitrogen and oxygen atoms in total. The van der Waals surface area contributed by atoms with Crippen molar-refractivity contribution in [3.05, 3.63) is 83.8 Å². The second kappa shape index (κ2) is 8.88. The fourth-order valence-corrected chi connectivity index (χ4v) is 4.26. The third-order valence-corrected chi connectivity index (χ3v) is 5.55. The lowest BCUT2D eigenvalue weighted by atomic mass is 9.97. The number of hydrazone groups is 1. The van der Waals surface area contributed by atoms with Gasteiger partial charge in [-0.1, -0.05) is 36.4 Å². The highest BCUT2D eigenvalue weighted by atomic mass is 32.2. The lowest BCUT2D eigenvalue weighted by Crippen LogP contribution is -2.27. The van der Waals surface area contributed by atoms with Crippen LogP contribution >= 0.6 is 0 Å². The summed E-state index contributed by atoms with van der Waals surface area (Å²) in [6, 6.07) is 17.3. The molecule has 3 aromatic rings. The Morgan fingerprint density at radius 3 is 2.62 bits per heavy atom. The van der Waals surface area contributed by atoms with Crippen molar-refractivity contribution in [1.29, 1.82) is 0 Å². The van der Waals surface area contributed by atoms with Crippen molar-refractivity contribution in [2.24, 2.45) is 5.10 Å². The van der Waals surface area contributed by atoms with Gasteiger partial charge >= 0.3 is 5.91 Å². The van der Waals surface area contributed by atoms with Crippen LogP contribution in [-0.2, 0) is 10.0 Å². The molecule has 1 atom stereocenters. The van der Waals surface area contributed by atoms with Gasteiger partial charge in [-0.3, -0.25) is 9.52 Å². The number of furan rings is 1. The maximum Gasteiger partial charge on any atom is 0.310 e. The summed E-state index contributed by atoms with van der Waals surface area (Å²) in [5, 5.41) is 5.99. The fraction of sp³-hybridized carbons (Fsp3) is 0.217. The maximum atomic E-state index is 13.2. The van der Waals surface area contributed by atoms with Gasteiger partial charge in [0, 0.05) is 17.5 Å². The van der Waals surface area contributed by atoms with E-state index in [2.05, 4.69) is 9.82 Å². The number of hydrogen-bond acceptors (Lipinski definition) is 6. The van der Waals surface area contributed by atoms with Crippen LogP contribution in [0.4, 0.5) is 5.69 Å². The molecule has 0 aliphatic carbocycles. The molecule has 1 aliphatic heterocycles. The molecule has 0 unspecified atom stereocenters. The van der Waals surface area contributed by atoms with E-state index in [1.807, 2.05) is 31.2 Å². The first-order valence-corrected chi connectivity index (χ1v) is 12.0. The quantitative estimate of drug-likeness (QED) is 0.582. The molecule has 0 spiro atoms. The zero-order valence-electron chi connectivity index (χ0n) is 17.7. The summed E-state index contributed by atoms with van der Waals surface area (Å²) in [7, 11) is -3.49. The van der Waals surface area contributed by atoms with E-state index in [-0.39, 0.29) is 5.76 Å². The summed E-state index contributed by atoms with van der Waals surface area (Å²) in [5.74, 6) is 0.433. The Hall–Kier alpha value is -3.59. The summed E-state index contributed by atoms with van der Waals surface area (Å²) in [4.78, 5) is 13.2. The zero-order valence-corrected chi connectivity index (χ0v) is 18.5. The summed E-state index contributed by atoms with van der Waals surface area (Å²) < 4.78 is 37.3. The molecule has 0 bridgehead atoms. The average Bonchev–Trinajstić information content (AvgIpc) is 3.44. The number of carbonyl (C=O) groups is 1. The van der Waals surface area contributed by atoms with Crippen LogP contribution in [0.3, 0.4) is 0 Å². The molecule has 0 fully saturated rings. The number of ether oxygens (including phenoxy) is 1. The van der Waals surface area contributed by atoms with Gasteiger partial charge in [0.25, 0.3) is 0 Å². The summed E-state index contributed by atoms with van der Waals surface area (Å²) in [6.45, 7) is 2.37. The van der Waals surface area contributed by atoms with Crippen LogP contribution in [-0.4, -0.2) is 37.9 Å². The van der Waals surface area contributed by atoms with Crippen molar-refractivity contribution in [2.45, 2.75) is 19.4 Å². The van der Waals surface area contributed by atoms with E-state index in [4.69, 9.17) is 9.15 Å². The van der Waals surface area contributed by atoms with Gasteiger partial charge in [-0.25, -0.2) is 13.4 Å². The summed E-state index contributed by atoms with van der Waals surface area (Å²) in [6.07, 6.45) is 2.90. The number of nitrogens with zero attached hydrogens (tertiary/aromatic N) is 2. The average molecular weight is 454 g/mol. The third kappa shape index (κ3) is 4.52.